The first kappa shape index (κ1) is 11.0. The van der Waals surface area contributed by atoms with Crippen LogP contribution in [0.5, 0.6) is 0 Å². The second kappa shape index (κ2) is 4.58. The predicted molar refractivity (Wildman–Crippen MR) is 57.0 cm³/mol. The maximum Gasteiger partial charge on any atom is 0.130 e. The van der Waals surface area contributed by atoms with Crippen molar-refractivity contribution in [2.75, 3.05) is 13.2 Å². The van der Waals surface area contributed by atoms with Crippen LogP contribution in [0.15, 0.2) is 18.2 Å². The van der Waals surface area contributed by atoms with Gasteiger partial charge >= 0.3 is 0 Å². The van der Waals surface area contributed by atoms with Crippen LogP contribution < -0.4 is 0 Å². The summed E-state index contributed by atoms with van der Waals surface area (Å²) in [6.45, 7) is 1.35. The van der Waals surface area contributed by atoms with Gasteiger partial charge in [-0.25, -0.2) is 8.78 Å². The van der Waals surface area contributed by atoms with E-state index >= 15 is 0 Å². The Bertz CT molecular complexity index is 350. The molecule has 1 heterocycles. The molecule has 1 nitrogen and oxygen atoms in total. The van der Waals surface area contributed by atoms with Gasteiger partial charge in [-0.2, -0.15) is 0 Å². The Morgan fingerprint density at radius 2 is 2.20 bits per heavy atom. The van der Waals surface area contributed by atoms with E-state index in [-0.39, 0.29) is 10.7 Å². The molecule has 1 fully saturated rings. The van der Waals surface area contributed by atoms with E-state index < -0.39 is 11.6 Å². The number of benzene rings is 1. The minimum absolute atomic E-state index is 0.0967. The monoisotopic (exact) mass is 276 g/mol. The second-order valence-corrected chi connectivity index (χ2v) is 4.68. The molecular weight excluding hydrogens is 266 g/mol. The van der Waals surface area contributed by atoms with Gasteiger partial charge in [-0.1, -0.05) is 22.0 Å². The number of rotatable bonds is 2. The standard InChI is InChI=1S/C11H11BrF2O/c12-11(7-3-4-15-6-7)9-2-1-8(13)5-10(9)14/h1-2,5,7,11H,3-4,6H2. The van der Waals surface area contributed by atoms with E-state index in [1.54, 1.807) is 0 Å². The molecule has 1 aliphatic heterocycles. The molecule has 0 spiro atoms. The first-order valence-electron chi connectivity index (χ1n) is 4.85. The molecular formula is C11H11BrF2O. The van der Waals surface area contributed by atoms with Crippen molar-refractivity contribution in [3.63, 3.8) is 0 Å². The lowest BCUT2D eigenvalue weighted by Gasteiger charge is -2.16. The van der Waals surface area contributed by atoms with Gasteiger partial charge in [-0.15, -0.1) is 0 Å². The second-order valence-electron chi connectivity index (χ2n) is 3.69. The highest BCUT2D eigenvalue weighted by Gasteiger charge is 2.26. The molecule has 1 aromatic rings. The zero-order valence-corrected chi connectivity index (χ0v) is 9.64. The number of halogens is 3. The highest BCUT2D eigenvalue weighted by molar-refractivity contribution is 9.09. The van der Waals surface area contributed by atoms with Crippen LogP contribution in [-0.2, 0) is 4.74 Å². The fourth-order valence-corrected chi connectivity index (χ4v) is 2.55. The lowest BCUT2D eigenvalue weighted by molar-refractivity contribution is 0.185. The molecule has 1 saturated heterocycles. The number of hydrogen-bond donors (Lipinski definition) is 0. The summed E-state index contributed by atoms with van der Waals surface area (Å²) in [5.74, 6) is -0.771. The molecule has 0 N–H and O–H groups in total. The molecule has 0 radical (unpaired) electrons. The molecule has 0 saturated carbocycles. The third-order valence-electron chi connectivity index (χ3n) is 2.64. The molecule has 4 heteroatoms. The van der Waals surface area contributed by atoms with Gasteiger partial charge in [-0.3, -0.25) is 0 Å². The Morgan fingerprint density at radius 3 is 2.80 bits per heavy atom. The normalized spacial score (nSPS) is 23.0. The molecule has 0 aliphatic carbocycles. The molecule has 1 aliphatic rings. The van der Waals surface area contributed by atoms with E-state index in [9.17, 15) is 8.78 Å². The Labute approximate surface area is 95.6 Å². The third-order valence-corrected chi connectivity index (χ3v) is 3.88. The van der Waals surface area contributed by atoms with Crippen molar-refractivity contribution in [2.24, 2.45) is 5.92 Å². The van der Waals surface area contributed by atoms with Gasteiger partial charge < -0.3 is 4.74 Å². The fourth-order valence-electron chi connectivity index (χ4n) is 1.76. The lowest BCUT2D eigenvalue weighted by atomic mass is 9.98. The maximum atomic E-state index is 13.4. The Hall–Kier alpha value is -0.480. The van der Waals surface area contributed by atoms with E-state index in [1.807, 2.05) is 0 Å². The molecule has 0 amide bonds. The fraction of sp³-hybridized carbons (Fsp3) is 0.455. The van der Waals surface area contributed by atoms with Gasteiger partial charge in [-0.05, 0) is 12.5 Å². The van der Waals surface area contributed by atoms with Crippen LogP contribution in [-0.4, -0.2) is 13.2 Å². The molecule has 0 aromatic heterocycles. The molecule has 1 aromatic carbocycles. The van der Waals surface area contributed by atoms with Gasteiger partial charge in [0.25, 0.3) is 0 Å². The van der Waals surface area contributed by atoms with E-state index in [1.165, 1.54) is 12.1 Å². The zero-order chi connectivity index (χ0) is 10.8. The van der Waals surface area contributed by atoms with Crippen molar-refractivity contribution in [1.29, 1.82) is 0 Å². The van der Waals surface area contributed by atoms with Crippen LogP contribution in [0.25, 0.3) is 0 Å². The predicted octanol–water partition coefficient (Wildman–Crippen LogP) is 3.44. The summed E-state index contributed by atoms with van der Waals surface area (Å²) in [5.41, 5.74) is 0.506. The highest BCUT2D eigenvalue weighted by Crippen LogP contribution is 2.37. The minimum Gasteiger partial charge on any atom is -0.381 e. The summed E-state index contributed by atoms with van der Waals surface area (Å²) in [6.07, 6.45) is 0.909. The van der Waals surface area contributed by atoms with Crippen LogP contribution in [0.3, 0.4) is 0 Å². The highest BCUT2D eigenvalue weighted by atomic mass is 79.9. The summed E-state index contributed by atoms with van der Waals surface area (Å²) < 4.78 is 31.4. The van der Waals surface area contributed by atoms with Crippen molar-refractivity contribution >= 4 is 15.9 Å². The van der Waals surface area contributed by atoms with Gasteiger partial charge in [0.1, 0.15) is 11.6 Å². The SMILES string of the molecule is Fc1ccc(C(Br)C2CCOC2)c(F)c1. The zero-order valence-electron chi connectivity index (χ0n) is 8.05. The van der Waals surface area contributed by atoms with E-state index in [0.29, 0.717) is 12.2 Å². The van der Waals surface area contributed by atoms with Crippen molar-refractivity contribution < 1.29 is 13.5 Å². The topological polar surface area (TPSA) is 9.23 Å². The largest absolute Gasteiger partial charge is 0.381 e. The maximum absolute atomic E-state index is 13.4. The first-order chi connectivity index (χ1) is 7.18. The summed E-state index contributed by atoms with van der Waals surface area (Å²) in [5, 5.41) is 0. The number of ether oxygens (including phenoxy) is 1. The van der Waals surface area contributed by atoms with Gasteiger partial charge in [0, 0.05) is 29.0 Å². The average Bonchev–Trinajstić information content (AvgIpc) is 2.69. The van der Waals surface area contributed by atoms with Crippen molar-refractivity contribution in [3.05, 3.63) is 35.4 Å². The van der Waals surface area contributed by atoms with Crippen molar-refractivity contribution in [3.8, 4) is 0 Å². The minimum atomic E-state index is -0.543. The first-order valence-corrected chi connectivity index (χ1v) is 5.77. The van der Waals surface area contributed by atoms with Crippen LogP contribution in [0.4, 0.5) is 8.78 Å². The molecule has 82 valence electrons. The Morgan fingerprint density at radius 1 is 1.40 bits per heavy atom. The molecule has 2 unspecified atom stereocenters. The summed E-state index contributed by atoms with van der Waals surface area (Å²) >= 11 is 3.45. The molecule has 2 atom stereocenters. The lowest BCUT2D eigenvalue weighted by Crippen LogP contribution is -2.09. The van der Waals surface area contributed by atoms with Crippen LogP contribution in [0.2, 0.25) is 0 Å². The average molecular weight is 277 g/mol. The molecule has 15 heavy (non-hydrogen) atoms. The van der Waals surface area contributed by atoms with E-state index in [2.05, 4.69) is 15.9 Å². The van der Waals surface area contributed by atoms with Gasteiger partial charge in [0.15, 0.2) is 0 Å². The molecule has 0 bridgehead atoms. The van der Waals surface area contributed by atoms with Crippen molar-refractivity contribution in [1.82, 2.24) is 0 Å². The Kier molecular flexibility index (Phi) is 3.36. The molecule has 2 rings (SSSR count). The van der Waals surface area contributed by atoms with Crippen LogP contribution in [0, 0.1) is 17.6 Å². The number of alkyl halides is 1. The van der Waals surface area contributed by atoms with Gasteiger partial charge in [0.2, 0.25) is 0 Å². The summed E-state index contributed by atoms with van der Waals surface area (Å²) in [7, 11) is 0. The van der Waals surface area contributed by atoms with Crippen LogP contribution >= 0.6 is 15.9 Å². The third kappa shape index (κ3) is 2.37. The van der Waals surface area contributed by atoms with Crippen LogP contribution in [0.1, 0.15) is 16.8 Å². The van der Waals surface area contributed by atoms with E-state index in [4.69, 9.17) is 4.74 Å². The smallest absolute Gasteiger partial charge is 0.130 e. The van der Waals surface area contributed by atoms with Gasteiger partial charge in [0.05, 0.1) is 6.61 Å². The quantitative estimate of drug-likeness (QED) is 0.752. The number of hydrogen-bond acceptors (Lipinski definition) is 1. The summed E-state index contributed by atoms with van der Waals surface area (Å²) in [4.78, 5) is -0.0967. The summed E-state index contributed by atoms with van der Waals surface area (Å²) in [6, 6.07) is 3.68. The van der Waals surface area contributed by atoms with E-state index in [0.717, 1.165) is 19.1 Å². The van der Waals surface area contributed by atoms with Crippen molar-refractivity contribution in [2.45, 2.75) is 11.2 Å². The Balaban J connectivity index is 2.20.